The summed E-state index contributed by atoms with van der Waals surface area (Å²) in [6, 6.07) is 22.6. The van der Waals surface area contributed by atoms with Crippen molar-refractivity contribution in [1.82, 2.24) is 9.80 Å². The quantitative estimate of drug-likeness (QED) is 0.219. The molecule has 2 amide bonds. The SMILES string of the molecule is COC(=O)c1ccc(/C(C)=C(/Nc2ccc(NC(=O)CN3CCN(C)CC3)cc2)c2ccccc2)c(N(C)C=O)c1. The monoisotopic (exact) mass is 555 g/mol. The average molecular weight is 556 g/mol. The van der Waals surface area contributed by atoms with Crippen LogP contribution in [0.15, 0.2) is 72.8 Å². The molecule has 214 valence electrons. The van der Waals surface area contributed by atoms with Crippen molar-refractivity contribution in [2.24, 2.45) is 0 Å². The Labute approximate surface area is 241 Å². The number of carbonyl (C=O) groups excluding carboxylic acids is 3. The van der Waals surface area contributed by atoms with E-state index >= 15 is 0 Å². The van der Waals surface area contributed by atoms with Crippen molar-refractivity contribution in [2.75, 3.05) is 69.5 Å². The van der Waals surface area contributed by atoms with E-state index < -0.39 is 5.97 Å². The van der Waals surface area contributed by atoms with E-state index in [0.717, 1.165) is 60.0 Å². The molecule has 1 aliphatic rings. The molecule has 4 rings (SSSR count). The van der Waals surface area contributed by atoms with E-state index in [9.17, 15) is 14.4 Å². The highest BCUT2D eigenvalue weighted by Crippen LogP contribution is 2.34. The van der Waals surface area contributed by atoms with E-state index in [1.54, 1.807) is 19.2 Å². The normalized spacial score (nSPS) is 14.5. The van der Waals surface area contributed by atoms with E-state index in [2.05, 4.69) is 27.5 Å². The molecule has 0 radical (unpaired) electrons. The minimum absolute atomic E-state index is 0.0294. The lowest BCUT2D eigenvalue weighted by atomic mass is 9.97. The Morgan fingerprint density at radius 2 is 1.54 bits per heavy atom. The van der Waals surface area contributed by atoms with Gasteiger partial charge in [0, 0.05) is 55.9 Å². The predicted molar refractivity (Wildman–Crippen MR) is 164 cm³/mol. The van der Waals surface area contributed by atoms with Crippen molar-refractivity contribution < 1.29 is 19.1 Å². The average Bonchev–Trinajstić information content (AvgIpc) is 3.00. The molecule has 0 saturated carbocycles. The number of amides is 2. The number of rotatable bonds is 10. The molecule has 1 saturated heterocycles. The lowest BCUT2D eigenvalue weighted by molar-refractivity contribution is -0.117. The third-order valence-corrected chi connectivity index (χ3v) is 7.20. The van der Waals surface area contributed by atoms with Gasteiger partial charge in [-0.1, -0.05) is 36.4 Å². The van der Waals surface area contributed by atoms with Crippen molar-refractivity contribution in [1.29, 1.82) is 0 Å². The maximum atomic E-state index is 12.6. The first-order valence-corrected chi connectivity index (χ1v) is 13.5. The Morgan fingerprint density at radius 3 is 2.15 bits per heavy atom. The van der Waals surface area contributed by atoms with E-state index in [1.165, 1.54) is 12.0 Å². The van der Waals surface area contributed by atoms with Gasteiger partial charge in [0.15, 0.2) is 0 Å². The fourth-order valence-corrected chi connectivity index (χ4v) is 4.75. The first-order chi connectivity index (χ1) is 19.8. The van der Waals surface area contributed by atoms with Crippen molar-refractivity contribution in [3.05, 3.63) is 89.5 Å². The van der Waals surface area contributed by atoms with Crippen LogP contribution in [0.2, 0.25) is 0 Å². The Balaban J connectivity index is 1.59. The number of nitrogens with one attached hydrogen (secondary N) is 2. The summed E-state index contributed by atoms with van der Waals surface area (Å²) in [6.07, 6.45) is 0.708. The van der Waals surface area contributed by atoms with Crippen LogP contribution in [0.5, 0.6) is 0 Å². The Morgan fingerprint density at radius 1 is 0.902 bits per heavy atom. The number of carbonyl (C=O) groups is 3. The number of likely N-dealkylation sites (N-methyl/N-ethyl adjacent to an activating group) is 1. The maximum Gasteiger partial charge on any atom is 0.337 e. The number of piperazine rings is 1. The van der Waals surface area contributed by atoms with Crippen LogP contribution in [0.4, 0.5) is 17.1 Å². The van der Waals surface area contributed by atoms with Crippen LogP contribution in [-0.4, -0.2) is 82.0 Å². The topological polar surface area (TPSA) is 94.2 Å². The standard InChI is InChI=1S/C32H37N5O4/c1-23(28-15-10-25(32(40)41-4)20-29(28)36(3)22-38)31(24-8-6-5-7-9-24)34-27-13-11-26(12-14-27)33-30(39)21-37-18-16-35(2)17-19-37/h5-15,20,22,34H,16-19,21H2,1-4H3,(H,33,39)/b31-23+. The molecule has 1 heterocycles. The molecule has 9 nitrogen and oxygen atoms in total. The largest absolute Gasteiger partial charge is 0.465 e. The number of hydrogen-bond acceptors (Lipinski definition) is 7. The minimum atomic E-state index is -0.476. The number of esters is 1. The van der Waals surface area contributed by atoms with Gasteiger partial charge in [-0.05, 0) is 61.5 Å². The van der Waals surface area contributed by atoms with Crippen LogP contribution in [0, 0.1) is 0 Å². The molecule has 1 aliphatic heterocycles. The Kier molecular flexibility index (Phi) is 9.89. The third-order valence-electron chi connectivity index (χ3n) is 7.20. The molecule has 0 aromatic heterocycles. The molecule has 41 heavy (non-hydrogen) atoms. The minimum Gasteiger partial charge on any atom is -0.465 e. The summed E-state index contributed by atoms with van der Waals surface area (Å²) in [6.45, 7) is 6.05. The van der Waals surface area contributed by atoms with Crippen molar-refractivity contribution >= 4 is 46.6 Å². The number of ether oxygens (including phenoxy) is 1. The molecule has 3 aromatic carbocycles. The third kappa shape index (κ3) is 7.59. The molecular weight excluding hydrogens is 518 g/mol. The summed E-state index contributed by atoms with van der Waals surface area (Å²) in [5.74, 6) is -0.506. The molecule has 9 heteroatoms. The van der Waals surface area contributed by atoms with Gasteiger partial charge in [0.05, 0.1) is 24.9 Å². The summed E-state index contributed by atoms with van der Waals surface area (Å²) < 4.78 is 4.88. The van der Waals surface area contributed by atoms with Crippen LogP contribution in [-0.2, 0) is 14.3 Å². The molecule has 0 spiro atoms. The van der Waals surface area contributed by atoms with E-state index in [4.69, 9.17) is 4.74 Å². The fraction of sp³-hybridized carbons (Fsp3) is 0.281. The number of allylic oxidation sites excluding steroid dienone is 1. The first kappa shape index (κ1) is 29.5. The van der Waals surface area contributed by atoms with Gasteiger partial charge in [0.25, 0.3) is 0 Å². The van der Waals surface area contributed by atoms with Crippen LogP contribution in [0.3, 0.4) is 0 Å². The smallest absolute Gasteiger partial charge is 0.337 e. The van der Waals surface area contributed by atoms with Gasteiger partial charge in [-0.25, -0.2) is 4.79 Å². The van der Waals surface area contributed by atoms with E-state index in [1.807, 2.05) is 67.6 Å². The zero-order valence-corrected chi connectivity index (χ0v) is 24.0. The molecular formula is C32H37N5O4. The van der Waals surface area contributed by atoms with Gasteiger partial charge in [-0.2, -0.15) is 0 Å². The summed E-state index contributed by atoms with van der Waals surface area (Å²) in [5, 5.41) is 6.53. The number of benzene rings is 3. The molecule has 3 aromatic rings. The van der Waals surface area contributed by atoms with Gasteiger partial charge in [-0.3, -0.25) is 14.5 Å². The summed E-state index contributed by atoms with van der Waals surface area (Å²) in [7, 11) is 5.06. The summed E-state index contributed by atoms with van der Waals surface area (Å²) >= 11 is 0. The molecule has 2 N–H and O–H groups in total. The van der Waals surface area contributed by atoms with Gasteiger partial charge in [0.2, 0.25) is 12.3 Å². The highest BCUT2D eigenvalue weighted by molar-refractivity contribution is 6.01. The second kappa shape index (κ2) is 13.7. The molecule has 0 bridgehead atoms. The molecule has 0 atom stereocenters. The second-order valence-electron chi connectivity index (χ2n) is 10.1. The first-order valence-electron chi connectivity index (χ1n) is 13.5. The number of anilines is 3. The van der Waals surface area contributed by atoms with Gasteiger partial charge < -0.3 is 25.2 Å². The zero-order chi connectivity index (χ0) is 29.4. The van der Waals surface area contributed by atoms with E-state index in [-0.39, 0.29) is 5.91 Å². The highest BCUT2D eigenvalue weighted by atomic mass is 16.5. The Hall–Kier alpha value is -4.47. The van der Waals surface area contributed by atoms with Crippen molar-refractivity contribution in [2.45, 2.75) is 6.92 Å². The zero-order valence-electron chi connectivity index (χ0n) is 24.0. The molecule has 0 unspecified atom stereocenters. The molecule has 1 fully saturated rings. The van der Waals surface area contributed by atoms with Crippen LogP contribution in [0.25, 0.3) is 11.3 Å². The number of nitrogens with zero attached hydrogens (tertiary/aromatic N) is 3. The second-order valence-corrected chi connectivity index (χ2v) is 10.1. The Bertz CT molecular complexity index is 1400. The summed E-state index contributed by atoms with van der Waals surface area (Å²) in [4.78, 5) is 42.4. The van der Waals surface area contributed by atoms with Gasteiger partial charge >= 0.3 is 5.97 Å². The summed E-state index contributed by atoms with van der Waals surface area (Å²) in [5.41, 5.74) is 5.94. The lowest BCUT2D eigenvalue weighted by Crippen LogP contribution is -2.47. The number of hydrogen-bond donors (Lipinski definition) is 2. The fourth-order valence-electron chi connectivity index (χ4n) is 4.75. The van der Waals surface area contributed by atoms with Crippen molar-refractivity contribution in [3.8, 4) is 0 Å². The van der Waals surface area contributed by atoms with Crippen LogP contribution in [0.1, 0.15) is 28.4 Å². The predicted octanol–water partition coefficient (Wildman–Crippen LogP) is 4.25. The van der Waals surface area contributed by atoms with Gasteiger partial charge in [0.1, 0.15) is 0 Å². The highest BCUT2D eigenvalue weighted by Gasteiger charge is 2.18. The number of methoxy groups -OCH3 is 1. The molecule has 0 aliphatic carbocycles. The maximum absolute atomic E-state index is 12.6. The van der Waals surface area contributed by atoms with Crippen molar-refractivity contribution in [3.63, 3.8) is 0 Å². The van der Waals surface area contributed by atoms with Gasteiger partial charge in [-0.15, -0.1) is 0 Å². The van der Waals surface area contributed by atoms with E-state index in [0.29, 0.717) is 24.2 Å². The van der Waals surface area contributed by atoms with Crippen LogP contribution < -0.4 is 15.5 Å². The lowest BCUT2D eigenvalue weighted by Gasteiger charge is -2.31. The van der Waals surface area contributed by atoms with Crippen LogP contribution >= 0.6 is 0 Å².